The lowest BCUT2D eigenvalue weighted by Gasteiger charge is -2.32. The molecule has 15 heteroatoms. The first-order valence-corrected chi connectivity index (χ1v) is 20.5. The van der Waals surface area contributed by atoms with Crippen molar-refractivity contribution >= 4 is 53.2 Å². The maximum Gasteiger partial charge on any atom is 0.251 e. The van der Waals surface area contributed by atoms with Gasteiger partial charge in [0.25, 0.3) is 5.91 Å². The van der Waals surface area contributed by atoms with Gasteiger partial charge in [-0.2, -0.15) is 0 Å². The van der Waals surface area contributed by atoms with Crippen LogP contribution in [0.25, 0.3) is 22.3 Å². The summed E-state index contributed by atoms with van der Waals surface area (Å²) in [5.74, 6) is -3.79. The van der Waals surface area contributed by atoms with Crippen LogP contribution in [-0.4, -0.2) is 89.4 Å². The van der Waals surface area contributed by atoms with E-state index in [2.05, 4.69) is 21.3 Å². The number of rotatable bonds is 14. The molecule has 1 heterocycles. The Morgan fingerprint density at radius 2 is 1.56 bits per heavy atom. The van der Waals surface area contributed by atoms with Gasteiger partial charge in [-0.25, -0.2) is 0 Å². The molecule has 320 valence electrons. The number of nitrogens with one attached hydrogen (secondary N) is 4. The third kappa shape index (κ3) is 11.3. The Balaban J connectivity index is 1.52. The number of carbonyl (C=O) groups is 7. The van der Waals surface area contributed by atoms with Gasteiger partial charge in [0.1, 0.15) is 29.9 Å². The summed E-state index contributed by atoms with van der Waals surface area (Å²) in [6.07, 6.45) is 2.05. The average molecular weight is 851 g/mol. The van der Waals surface area contributed by atoms with Gasteiger partial charge in [0.05, 0.1) is 6.04 Å². The van der Waals surface area contributed by atoms with E-state index in [1.807, 2.05) is 12.1 Å². The van der Waals surface area contributed by atoms with Crippen molar-refractivity contribution in [1.82, 2.24) is 26.2 Å². The average Bonchev–Trinajstić information content (AvgIpc) is 3.25. The van der Waals surface area contributed by atoms with Gasteiger partial charge in [-0.3, -0.25) is 33.6 Å². The number of likely N-dealkylation sites (N-methyl/N-ethyl adjacent to an activating group) is 1. The molecule has 0 saturated carbocycles. The van der Waals surface area contributed by atoms with Crippen LogP contribution in [-0.2, 0) is 30.4 Å². The minimum atomic E-state index is -1.43. The number of hydrogen-bond acceptors (Lipinski definition) is 9. The van der Waals surface area contributed by atoms with Crippen LogP contribution in [0.2, 0.25) is 5.02 Å². The van der Waals surface area contributed by atoms with Crippen LogP contribution < -0.4 is 27.0 Å². The number of carbonyl (C=O) groups excluding carboxylic acids is 7. The topological polar surface area (TPSA) is 217 Å². The van der Waals surface area contributed by atoms with Crippen molar-refractivity contribution in [3.63, 3.8) is 0 Å². The van der Waals surface area contributed by atoms with E-state index in [-0.39, 0.29) is 46.6 Å². The molecule has 1 aliphatic heterocycles. The minimum absolute atomic E-state index is 0.0698. The molecule has 4 bridgehead atoms. The summed E-state index contributed by atoms with van der Waals surface area (Å²) < 4.78 is 0. The molecule has 5 amide bonds. The molecule has 0 aromatic heterocycles. The van der Waals surface area contributed by atoms with Gasteiger partial charge in [0, 0.05) is 35.2 Å². The van der Waals surface area contributed by atoms with Crippen molar-refractivity contribution in [1.29, 1.82) is 0 Å². The Hall–Kier alpha value is -6.38. The smallest absolute Gasteiger partial charge is 0.251 e. The summed E-state index contributed by atoms with van der Waals surface area (Å²) in [5, 5.41) is 22.6. The molecule has 4 aromatic carbocycles. The van der Waals surface area contributed by atoms with Gasteiger partial charge in [0.2, 0.25) is 23.6 Å². The molecule has 0 saturated heterocycles. The van der Waals surface area contributed by atoms with Crippen molar-refractivity contribution < 1.29 is 38.7 Å². The van der Waals surface area contributed by atoms with Crippen LogP contribution in [0.15, 0.2) is 84.9 Å². The molecular weight excluding hydrogens is 800 g/mol. The SMILES string of the molecule is CCC(NC(=O)C1Cc2ccc(O)c(c2)-c2cc(ccc2C=O)C(N(C)C(=O)C(CCCCN)NC(=O)c2ccc(-c3ccc(Cl)cc3)cc2)C(=O)NC(C)C(=O)N1)C(C)=O. The molecule has 0 fully saturated rings. The molecule has 0 radical (unpaired) electrons. The molecule has 7 N–H and O–H groups in total. The van der Waals surface area contributed by atoms with Gasteiger partial charge in [-0.1, -0.05) is 61.0 Å². The fourth-order valence-electron chi connectivity index (χ4n) is 7.24. The fourth-order valence-corrected chi connectivity index (χ4v) is 7.37. The number of Topliss-reactive ketones (excluding diaryl/α,β-unsaturated/α-hetero) is 1. The summed E-state index contributed by atoms with van der Waals surface area (Å²) in [5.41, 5.74) is 9.14. The molecule has 0 spiro atoms. The highest BCUT2D eigenvalue weighted by Gasteiger charge is 2.36. The monoisotopic (exact) mass is 850 g/mol. The van der Waals surface area contributed by atoms with Crippen LogP contribution in [0, 0.1) is 0 Å². The number of aromatic hydroxyl groups is 1. The Morgan fingerprint density at radius 1 is 0.885 bits per heavy atom. The van der Waals surface area contributed by atoms with E-state index in [1.165, 1.54) is 50.1 Å². The number of phenolic OH excluding ortho intramolecular Hbond substituents is 1. The third-order valence-electron chi connectivity index (χ3n) is 10.8. The van der Waals surface area contributed by atoms with Crippen LogP contribution in [0.1, 0.15) is 84.3 Å². The maximum absolute atomic E-state index is 14.6. The predicted molar refractivity (Wildman–Crippen MR) is 232 cm³/mol. The molecule has 4 aromatic rings. The van der Waals surface area contributed by atoms with Crippen LogP contribution in [0.5, 0.6) is 5.75 Å². The Kier molecular flexibility index (Phi) is 15.5. The van der Waals surface area contributed by atoms with E-state index in [9.17, 15) is 38.7 Å². The highest BCUT2D eigenvalue weighted by atomic mass is 35.5. The Morgan fingerprint density at radius 3 is 2.18 bits per heavy atom. The largest absolute Gasteiger partial charge is 0.507 e. The van der Waals surface area contributed by atoms with E-state index in [0.717, 1.165) is 11.1 Å². The zero-order chi connectivity index (χ0) is 44.4. The normalized spacial score (nSPS) is 17.4. The van der Waals surface area contributed by atoms with E-state index in [4.69, 9.17) is 17.3 Å². The number of amides is 5. The summed E-state index contributed by atoms with van der Waals surface area (Å²) in [4.78, 5) is 95.8. The number of ketones is 1. The summed E-state index contributed by atoms with van der Waals surface area (Å²) >= 11 is 6.04. The van der Waals surface area contributed by atoms with Crippen molar-refractivity contribution in [3.8, 4) is 28.0 Å². The van der Waals surface area contributed by atoms with Gasteiger partial charge < -0.3 is 37.0 Å². The maximum atomic E-state index is 14.6. The summed E-state index contributed by atoms with van der Waals surface area (Å²) in [6, 6.07) is 17.3. The molecule has 1 aliphatic rings. The van der Waals surface area contributed by atoms with Crippen LogP contribution in [0.3, 0.4) is 0 Å². The number of fused-ring (bicyclic) bond motifs is 5. The second-order valence-corrected chi connectivity index (χ2v) is 15.6. The number of aldehydes is 1. The van der Waals surface area contributed by atoms with E-state index in [1.54, 1.807) is 55.5 Å². The fraction of sp³-hybridized carbons (Fsp3) is 0.326. The molecular formula is C46H51ClN6O8. The van der Waals surface area contributed by atoms with E-state index >= 15 is 0 Å². The first-order chi connectivity index (χ1) is 29.1. The first-order valence-electron chi connectivity index (χ1n) is 20.1. The predicted octanol–water partition coefficient (Wildman–Crippen LogP) is 4.65. The first kappa shape index (κ1) is 45.7. The highest BCUT2D eigenvalue weighted by molar-refractivity contribution is 6.30. The van der Waals surface area contributed by atoms with Crippen LogP contribution in [0.4, 0.5) is 0 Å². The van der Waals surface area contributed by atoms with Gasteiger partial charge in [0.15, 0.2) is 12.1 Å². The number of halogens is 1. The number of benzene rings is 4. The van der Waals surface area contributed by atoms with Gasteiger partial charge in [-0.15, -0.1) is 0 Å². The number of unbranched alkanes of at least 4 members (excludes halogenated alkanes) is 1. The van der Waals surface area contributed by atoms with Crippen molar-refractivity contribution in [3.05, 3.63) is 112 Å². The Bertz CT molecular complexity index is 2280. The van der Waals surface area contributed by atoms with E-state index in [0.29, 0.717) is 48.2 Å². The highest BCUT2D eigenvalue weighted by Crippen LogP contribution is 2.36. The molecule has 61 heavy (non-hydrogen) atoms. The number of nitrogens with two attached hydrogens (primary N) is 1. The lowest BCUT2D eigenvalue weighted by atomic mass is 9.91. The van der Waals surface area contributed by atoms with Crippen molar-refractivity contribution in [2.75, 3.05) is 13.6 Å². The minimum Gasteiger partial charge on any atom is -0.507 e. The second-order valence-electron chi connectivity index (χ2n) is 15.1. The number of phenols is 1. The molecule has 0 aliphatic carbocycles. The van der Waals surface area contributed by atoms with Crippen molar-refractivity contribution in [2.45, 2.75) is 83.1 Å². The molecule has 14 nitrogen and oxygen atoms in total. The zero-order valence-corrected chi connectivity index (χ0v) is 35.3. The third-order valence-corrected chi connectivity index (χ3v) is 11.0. The summed E-state index contributed by atoms with van der Waals surface area (Å²) in [6.45, 7) is 4.85. The lowest BCUT2D eigenvalue weighted by Crippen LogP contribution is -2.57. The molecule has 5 rings (SSSR count). The van der Waals surface area contributed by atoms with E-state index < -0.39 is 59.7 Å². The standard InChI is InChI=1S/C46H51ClN6O8/c1-5-37(27(3)55)50-44(59)39-23-28-9-20-40(56)36(22-28)35-24-32(14-15-33(35)25-54)41(45(60)49-26(2)42(57)52-39)53(4)46(61)38(8-6-7-21-48)51-43(58)31-12-10-29(11-13-31)30-16-18-34(47)19-17-30/h9-20,22,24-26,37-39,41,56H,5-8,21,23,48H2,1-4H3,(H,49,60)(H,50,59)(H,51,58)(H,52,57). The van der Waals surface area contributed by atoms with Crippen LogP contribution >= 0.6 is 11.6 Å². The van der Waals surface area contributed by atoms with Crippen molar-refractivity contribution in [2.24, 2.45) is 5.73 Å². The number of hydrogen-bond donors (Lipinski definition) is 6. The summed E-state index contributed by atoms with van der Waals surface area (Å²) in [7, 11) is 1.40. The lowest BCUT2D eigenvalue weighted by molar-refractivity contribution is -0.141. The molecule has 5 atom stereocenters. The second kappa shape index (κ2) is 20.7. The molecule has 5 unspecified atom stereocenters. The van der Waals surface area contributed by atoms with Gasteiger partial charge in [-0.05, 0) is 116 Å². The Labute approximate surface area is 359 Å². The van der Waals surface area contributed by atoms with Gasteiger partial charge >= 0.3 is 0 Å². The zero-order valence-electron chi connectivity index (χ0n) is 34.5. The number of nitrogens with zero attached hydrogens (tertiary/aromatic N) is 1. The quantitative estimate of drug-likeness (QED) is 0.0768.